The second kappa shape index (κ2) is 3.42. The van der Waals surface area contributed by atoms with E-state index in [1.54, 1.807) is 17.5 Å². The summed E-state index contributed by atoms with van der Waals surface area (Å²) in [6.07, 6.45) is 4.76. The Balaban J connectivity index is 2.34. The summed E-state index contributed by atoms with van der Waals surface area (Å²) in [6, 6.07) is 0. The molecule has 14 heavy (non-hydrogen) atoms. The molecule has 1 N–H and O–H groups in total. The van der Waals surface area contributed by atoms with Crippen LogP contribution >= 0.6 is 11.3 Å². The van der Waals surface area contributed by atoms with Crippen LogP contribution in [0.15, 0.2) is 12.4 Å². The second-order valence-corrected chi connectivity index (χ2v) is 4.14. The van der Waals surface area contributed by atoms with Gasteiger partial charge in [-0.3, -0.25) is 9.20 Å². The van der Waals surface area contributed by atoms with Crippen LogP contribution in [0.2, 0.25) is 0 Å². The lowest BCUT2D eigenvalue weighted by atomic mass is 10.3. The number of imidazole rings is 1. The van der Waals surface area contributed by atoms with Crippen LogP contribution in [0.1, 0.15) is 17.5 Å². The lowest BCUT2D eigenvalue weighted by molar-refractivity contribution is -0.136. The SMILES string of the molecule is CCc1cn2cc(CC(=O)O)nc2s1. The van der Waals surface area contributed by atoms with Crippen molar-refractivity contribution < 1.29 is 9.90 Å². The zero-order chi connectivity index (χ0) is 10.1. The molecule has 0 spiro atoms. The summed E-state index contributed by atoms with van der Waals surface area (Å²) in [5, 5.41) is 8.58. The number of hydrogen-bond acceptors (Lipinski definition) is 3. The first-order valence-electron chi connectivity index (χ1n) is 4.37. The van der Waals surface area contributed by atoms with Crippen LogP contribution in [0, 0.1) is 0 Å². The number of carboxylic acid groups (broad SMARTS) is 1. The lowest BCUT2D eigenvalue weighted by Gasteiger charge is -1.86. The van der Waals surface area contributed by atoms with Gasteiger partial charge in [0, 0.05) is 17.3 Å². The molecule has 2 aromatic heterocycles. The van der Waals surface area contributed by atoms with Gasteiger partial charge >= 0.3 is 5.97 Å². The topological polar surface area (TPSA) is 54.6 Å². The van der Waals surface area contributed by atoms with Gasteiger partial charge in [-0.2, -0.15) is 0 Å². The molecule has 5 heteroatoms. The van der Waals surface area contributed by atoms with Gasteiger partial charge in [0.25, 0.3) is 0 Å². The third-order valence-corrected chi connectivity index (χ3v) is 3.08. The van der Waals surface area contributed by atoms with Crippen molar-refractivity contribution in [2.45, 2.75) is 19.8 Å². The number of thiazole rings is 1. The summed E-state index contributed by atoms with van der Waals surface area (Å²) in [7, 11) is 0. The quantitative estimate of drug-likeness (QED) is 0.836. The van der Waals surface area contributed by atoms with E-state index in [9.17, 15) is 4.79 Å². The highest BCUT2D eigenvalue weighted by atomic mass is 32.1. The number of nitrogens with zero attached hydrogens (tertiary/aromatic N) is 2. The summed E-state index contributed by atoms with van der Waals surface area (Å²) >= 11 is 1.60. The number of fused-ring (bicyclic) bond motifs is 1. The Labute approximate surface area is 84.8 Å². The van der Waals surface area contributed by atoms with Crippen molar-refractivity contribution in [3.05, 3.63) is 23.0 Å². The smallest absolute Gasteiger partial charge is 0.309 e. The number of carboxylic acids is 1. The first-order chi connectivity index (χ1) is 6.69. The van der Waals surface area contributed by atoms with Crippen LogP contribution in [-0.2, 0) is 17.6 Å². The number of hydrogen-bond donors (Lipinski definition) is 1. The van der Waals surface area contributed by atoms with Gasteiger partial charge in [-0.15, -0.1) is 11.3 Å². The Kier molecular flexibility index (Phi) is 2.25. The number of carbonyl (C=O) groups is 1. The highest BCUT2D eigenvalue weighted by molar-refractivity contribution is 7.17. The molecule has 2 heterocycles. The Morgan fingerprint density at radius 2 is 2.43 bits per heavy atom. The predicted molar refractivity (Wildman–Crippen MR) is 53.8 cm³/mol. The summed E-state index contributed by atoms with van der Waals surface area (Å²) in [5.41, 5.74) is 0.617. The molecule has 0 aliphatic carbocycles. The number of aromatic nitrogens is 2. The molecular weight excluding hydrogens is 200 g/mol. The van der Waals surface area contributed by atoms with Crippen molar-refractivity contribution in [3.8, 4) is 0 Å². The molecule has 2 aromatic rings. The summed E-state index contributed by atoms with van der Waals surface area (Å²) in [4.78, 5) is 16.8. The molecule has 0 saturated carbocycles. The van der Waals surface area contributed by atoms with E-state index in [4.69, 9.17) is 5.11 Å². The molecule has 0 fully saturated rings. The third-order valence-electron chi connectivity index (χ3n) is 1.93. The van der Waals surface area contributed by atoms with Crippen molar-refractivity contribution in [3.63, 3.8) is 0 Å². The van der Waals surface area contributed by atoms with Gasteiger partial charge in [0.2, 0.25) is 0 Å². The van der Waals surface area contributed by atoms with Gasteiger partial charge < -0.3 is 5.11 Å². The molecular formula is C9H10N2O2S. The van der Waals surface area contributed by atoms with E-state index in [2.05, 4.69) is 11.9 Å². The number of rotatable bonds is 3. The van der Waals surface area contributed by atoms with Crippen LogP contribution in [-0.4, -0.2) is 20.5 Å². The highest BCUT2D eigenvalue weighted by Crippen LogP contribution is 2.18. The van der Waals surface area contributed by atoms with Gasteiger partial charge in [0.05, 0.1) is 12.1 Å². The van der Waals surface area contributed by atoms with Gasteiger partial charge in [-0.25, -0.2) is 4.98 Å². The molecule has 0 bridgehead atoms. The molecule has 4 nitrogen and oxygen atoms in total. The monoisotopic (exact) mass is 210 g/mol. The van der Waals surface area contributed by atoms with Crippen molar-refractivity contribution in [2.75, 3.05) is 0 Å². The molecule has 0 saturated heterocycles. The van der Waals surface area contributed by atoms with Crippen LogP contribution in [0.3, 0.4) is 0 Å². The van der Waals surface area contributed by atoms with E-state index in [1.807, 2.05) is 10.6 Å². The molecule has 0 radical (unpaired) electrons. The zero-order valence-electron chi connectivity index (χ0n) is 7.73. The maximum absolute atomic E-state index is 10.4. The van der Waals surface area contributed by atoms with E-state index in [1.165, 1.54) is 4.88 Å². The Bertz CT molecular complexity index is 441. The largest absolute Gasteiger partial charge is 0.481 e. The van der Waals surface area contributed by atoms with Crippen LogP contribution in [0.5, 0.6) is 0 Å². The van der Waals surface area contributed by atoms with E-state index >= 15 is 0 Å². The molecule has 0 aromatic carbocycles. The Hall–Kier alpha value is -1.36. The fourth-order valence-corrected chi connectivity index (χ4v) is 2.21. The van der Waals surface area contributed by atoms with Crippen molar-refractivity contribution in [1.82, 2.24) is 9.38 Å². The highest BCUT2D eigenvalue weighted by Gasteiger charge is 2.08. The second-order valence-electron chi connectivity index (χ2n) is 3.04. The summed E-state index contributed by atoms with van der Waals surface area (Å²) in [5.74, 6) is -0.841. The van der Waals surface area contributed by atoms with Crippen molar-refractivity contribution >= 4 is 22.3 Å². The predicted octanol–water partition coefficient (Wildman–Crippen LogP) is 1.59. The average molecular weight is 210 g/mol. The molecule has 2 rings (SSSR count). The van der Waals surface area contributed by atoms with Gasteiger partial charge in [-0.1, -0.05) is 6.92 Å². The molecule has 0 atom stereocenters. The normalized spacial score (nSPS) is 10.9. The van der Waals surface area contributed by atoms with E-state index in [0.29, 0.717) is 5.69 Å². The third kappa shape index (κ3) is 1.63. The Morgan fingerprint density at radius 3 is 3.00 bits per heavy atom. The Morgan fingerprint density at radius 1 is 1.64 bits per heavy atom. The molecule has 0 unspecified atom stereocenters. The molecule has 74 valence electrons. The van der Waals surface area contributed by atoms with Crippen LogP contribution < -0.4 is 0 Å². The summed E-state index contributed by atoms with van der Waals surface area (Å²) < 4.78 is 1.89. The maximum atomic E-state index is 10.4. The van der Waals surface area contributed by atoms with E-state index in [-0.39, 0.29) is 6.42 Å². The lowest BCUT2D eigenvalue weighted by Crippen LogP contribution is -1.99. The van der Waals surface area contributed by atoms with Crippen molar-refractivity contribution in [2.24, 2.45) is 0 Å². The maximum Gasteiger partial charge on any atom is 0.309 e. The molecule has 0 aliphatic rings. The van der Waals surface area contributed by atoms with Crippen LogP contribution in [0.4, 0.5) is 0 Å². The first-order valence-corrected chi connectivity index (χ1v) is 5.18. The first kappa shape index (κ1) is 9.21. The minimum atomic E-state index is -0.841. The van der Waals surface area contributed by atoms with E-state index < -0.39 is 5.97 Å². The van der Waals surface area contributed by atoms with Crippen LogP contribution in [0.25, 0.3) is 4.96 Å². The number of aryl methyl sites for hydroxylation is 1. The van der Waals surface area contributed by atoms with Gasteiger partial charge in [0.15, 0.2) is 4.96 Å². The van der Waals surface area contributed by atoms with E-state index in [0.717, 1.165) is 11.4 Å². The standard InChI is InChI=1S/C9H10N2O2S/c1-2-7-5-11-4-6(3-8(12)13)10-9(11)14-7/h4-5H,2-3H2,1H3,(H,12,13). The average Bonchev–Trinajstić information content (AvgIpc) is 2.59. The fraction of sp³-hybridized carbons (Fsp3) is 0.333. The molecule has 0 amide bonds. The number of aliphatic carboxylic acids is 1. The molecule has 0 aliphatic heterocycles. The zero-order valence-corrected chi connectivity index (χ0v) is 8.54. The van der Waals surface area contributed by atoms with Gasteiger partial charge in [-0.05, 0) is 6.42 Å². The van der Waals surface area contributed by atoms with Crippen molar-refractivity contribution in [1.29, 1.82) is 0 Å². The fourth-order valence-electron chi connectivity index (χ4n) is 1.30. The summed E-state index contributed by atoms with van der Waals surface area (Å²) in [6.45, 7) is 2.09. The minimum Gasteiger partial charge on any atom is -0.481 e. The minimum absolute atomic E-state index is 0.00411. The van der Waals surface area contributed by atoms with Gasteiger partial charge in [0.1, 0.15) is 0 Å².